The third-order valence-electron chi connectivity index (χ3n) is 5.74. The summed E-state index contributed by atoms with van der Waals surface area (Å²) in [6.07, 6.45) is 6.04. The molecule has 0 N–H and O–H groups in total. The predicted molar refractivity (Wildman–Crippen MR) is 137 cm³/mol. The Hall–Kier alpha value is -2.94. The van der Waals surface area contributed by atoms with Gasteiger partial charge in [-0.1, -0.05) is 81.3 Å². The molecule has 3 heteroatoms. The van der Waals surface area contributed by atoms with E-state index in [1.807, 2.05) is 25.1 Å². The zero-order chi connectivity index (χ0) is 24.5. The molecule has 0 bridgehead atoms. The fraction of sp³-hybridized carbons (Fsp3) is 0.400. The van der Waals surface area contributed by atoms with Gasteiger partial charge < -0.3 is 4.74 Å². The average Bonchev–Trinajstić information content (AvgIpc) is 2.77. The molecule has 0 saturated heterocycles. The van der Waals surface area contributed by atoms with Gasteiger partial charge in [0.05, 0.1) is 5.56 Å². The molecule has 0 amide bonds. The lowest BCUT2D eigenvalue weighted by atomic mass is 9.87. The SMILES string of the molecule is CC(C)=CCC/C(C)=C/COC(=O)c1ccccc1C(=O)c1ccc(C(C)C)cc1C(C)C. The first kappa shape index (κ1) is 26.3. The highest BCUT2D eigenvalue weighted by atomic mass is 16.5. The fourth-order valence-electron chi connectivity index (χ4n) is 3.66. The van der Waals surface area contributed by atoms with Crippen molar-refractivity contribution >= 4 is 11.8 Å². The topological polar surface area (TPSA) is 43.4 Å². The number of rotatable bonds is 10. The Labute approximate surface area is 199 Å². The number of allylic oxidation sites excluding steroid dienone is 3. The first-order valence-corrected chi connectivity index (χ1v) is 11.9. The van der Waals surface area contributed by atoms with Crippen molar-refractivity contribution in [3.8, 4) is 0 Å². The number of esters is 1. The molecule has 0 atom stereocenters. The van der Waals surface area contributed by atoms with Gasteiger partial charge in [0.2, 0.25) is 0 Å². The van der Waals surface area contributed by atoms with Crippen molar-refractivity contribution in [3.05, 3.63) is 93.6 Å². The average molecular weight is 447 g/mol. The van der Waals surface area contributed by atoms with Crippen molar-refractivity contribution in [2.45, 2.75) is 73.1 Å². The third-order valence-corrected chi connectivity index (χ3v) is 5.74. The Balaban J connectivity index is 2.22. The van der Waals surface area contributed by atoms with Gasteiger partial charge >= 0.3 is 5.97 Å². The highest BCUT2D eigenvalue weighted by molar-refractivity contribution is 6.15. The van der Waals surface area contributed by atoms with Gasteiger partial charge in [-0.05, 0) is 68.7 Å². The normalized spacial score (nSPS) is 11.6. The van der Waals surface area contributed by atoms with Crippen molar-refractivity contribution in [2.75, 3.05) is 6.61 Å². The molecule has 0 saturated carbocycles. The van der Waals surface area contributed by atoms with Crippen LogP contribution in [0.1, 0.15) is 111 Å². The molecule has 0 aliphatic heterocycles. The highest BCUT2D eigenvalue weighted by Gasteiger charge is 2.22. The van der Waals surface area contributed by atoms with Crippen LogP contribution in [0.25, 0.3) is 0 Å². The minimum atomic E-state index is -0.475. The van der Waals surface area contributed by atoms with Crippen molar-refractivity contribution in [1.29, 1.82) is 0 Å². The van der Waals surface area contributed by atoms with Gasteiger partial charge in [-0.25, -0.2) is 4.79 Å². The third kappa shape index (κ3) is 7.56. The van der Waals surface area contributed by atoms with Gasteiger partial charge in [0.15, 0.2) is 5.78 Å². The summed E-state index contributed by atoms with van der Waals surface area (Å²) in [5, 5.41) is 0. The molecule has 0 heterocycles. The van der Waals surface area contributed by atoms with E-state index in [4.69, 9.17) is 4.74 Å². The number of ketones is 1. The van der Waals surface area contributed by atoms with Gasteiger partial charge in [0.1, 0.15) is 6.61 Å². The molecule has 0 spiro atoms. The van der Waals surface area contributed by atoms with Gasteiger partial charge in [0, 0.05) is 11.1 Å². The number of hydrogen-bond donors (Lipinski definition) is 0. The maximum Gasteiger partial charge on any atom is 0.339 e. The largest absolute Gasteiger partial charge is 0.458 e. The van der Waals surface area contributed by atoms with Crippen LogP contribution in [0.5, 0.6) is 0 Å². The predicted octanol–water partition coefficient (Wildman–Crippen LogP) is 8.01. The lowest BCUT2D eigenvalue weighted by Crippen LogP contribution is -2.14. The van der Waals surface area contributed by atoms with Crippen molar-refractivity contribution < 1.29 is 14.3 Å². The van der Waals surface area contributed by atoms with Crippen LogP contribution < -0.4 is 0 Å². The molecule has 3 nitrogen and oxygen atoms in total. The van der Waals surface area contributed by atoms with Gasteiger partial charge in [-0.15, -0.1) is 0 Å². The molecule has 176 valence electrons. The first-order chi connectivity index (χ1) is 15.6. The molecule has 0 fully saturated rings. The minimum Gasteiger partial charge on any atom is -0.458 e. The Kier molecular flexibility index (Phi) is 9.84. The summed E-state index contributed by atoms with van der Waals surface area (Å²) in [6.45, 7) is 14.9. The van der Waals surface area contributed by atoms with Crippen LogP contribution in [0.3, 0.4) is 0 Å². The Morgan fingerprint density at radius 2 is 1.52 bits per heavy atom. The zero-order valence-electron chi connectivity index (χ0n) is 21.2. The summed E-state index contributed by atoms with van der Waals surface area (Å²) in [5.74, 6) is -0.0409. The van der Waals surface area contributed by atoms with E-state index in [2.05, 4.69) is 53.7 Å². The Morgan fingerprint density at radius 1 is 0.848 bits per heavy atom. The summed E-state index contributed by atoms with van der Waals surface area (Å²) in [6, 6.07) is 12.9. The van der Waals surface area contributed by atoms with E-state index >= 15 is 0 Å². The summed E-state index contributed by atoms with van der Waals surface area (Å²) in [5.41, 5.74) is 6.02. The Bertz CT molecular complexity index is 1030. The standard InChI is InChI=1S/C30H38O3/c1-20(2)11-10-12-23(7)17-18-33-30(32)27-14-9-8-13-25(27)29(31)26-16-15-24(21(3)4)19-28(26)22(5)6/h8-9,11,13-17,19,21-22H,10,12,18H2,1-7H3/b23-17+. The van der Waals surface area contributed by atoms with E-state index in [1.165, 1.54) is 16.7 Å². The number of carbonyl (C=O) groups is 2. The van der Waals surface area contributed by atoms with E-state index in [9.17, 15) is 9.59 Å². The molecular formula is C30H38O3. The molecule has 33 heavy (non-hydrogen) atoms. The Morgan fingerprint density at radius 3 is 2.12 bits per heavy atom. The van der Waals surface area contributed by atoms with Gasteiger partial charge in [-0.3, -0.25) is 4.79 Å². The summed E-state index contributed by atoms with van der Waals surface area (Å²) in [4.78, 5) is 26.3. The molecule has 2 rings (SSSR count). The lowest BCUT2D eigenvalue weighted by Gasteiger charge is -2.16. The molecule has 0 aliphatic carbocycles. The number of benzene rings is 2. The summed E-state index contributed by atoms with van der Waals surface area (Å²) in [7, 11) is 0. The van der Waals surface area contributed by atoms with Crippen LogP contribution in [0.4, 0.5) is 0 Å². The number of ether oxygens (including phenoxy) is 1. The lowest BCUT2D eigenvalue weighted by molar-refractivity contribution is 0.0546. The minimum absolute atomic E-state index is 0.144. The second-order valence-corrected chi connectivity index (χ2v) is 9.50. The molecule has 0 unspecified atom stereocenters. The van der Waals surface area contributed by atoms with Crippen molar-refractivity contribution in [2.24, 2.45) is 0 Å². The maximum absolute atomic E-state index is 13.5. The quantitative estimate of drug-likeness (QED) is 0.211. The van der Waals surface area contributed by atoms with Crippen LogP contribution in [0.2, 0.25) is 0 Å². The molecule has 2 aromatic rings. The van der Waals surface area contributed by atoms with E-state index < -0.39 is 5.97 Å². The van der Waals surface area contributed by atoms with Crippen LogP contribution in [-0.4, -0.2) is 18.4 Å². The summed E-state index contributed by atoms with van der Waals surface area (Å²) < 4.78 is 5.50. The molecule has 0 aromatic heterocycles. The first-order valence-electron chi connectivity index (χ1n) is 11.9. The number of carbonyl (C=O) groups excluding carboxylic acids is 2. The van der Waals surface area contributed by atoms with Crippen LogP contribution in [0.15, 0.2) is 65.8 Å². The zero-order valence-corrected chi connectivity index (χ0v) is 21.2. The second-order valence-electron chi connectivity index (χ2n) is 9.50. The van der Waals surface area contributed by atoms with Gasteiger partial charge in [-0.2, -0.15) is 0 Å². The maximum atomic E-state index is 13.5. The number of hydrogen-bond acceptors (Lipinski definition) is 3. The molecule has 2 aromatic carbocycles. The monoisotopic (exact) mass is 446 g/mol. The second kappa shape index (κ2) is 12.3. The fourth-order valence-corrected chi connectivity index (χ4v) is 3.66. The smallest absolute Gasteiger partial charge is 0.339 e. The molecular weight excluding hydrogens is 408 g/mol. The van der Waals surface area contributed by atoms with Crippen molar-refractivity contribution in [1.82, 2.24) is 0 Å². The molecule has 0 aliphatic rings. The highest BCUT2D eigenvalue weighted by Crippen LogP contribution is 2.27. The van der Waals surface area contributed by atoms with Crippen LogP contribution >= 0.6 is 0 Å². The van der Waals surface area contributed by atoms with E-state index in [-0.39, 0.29) is 18.3 Å². The van der Waals surface area contributed by atoms with Gasteiger partial charge in [0.25, 0.3) is 0 Å². The van der Waals surface area contributed by atoms with E-state index in [0.717, 1.165) is 18.4 Å². The van der Waals surface area contributed by atoms with Crippen LogP contribution in [0, 0.1) is 0 Å². The van der Waals surface area contributed by atoms with Crippen LogP contribution in [-0.2, 0) is 4.74 Å². The van der Waals surface area contributed by atoms with E-state index in [0.29, 0.717) is 22.6 Å². The summed E-state index contributed by atoms with van der Waals surface area (Å²) >= 11 is 0. The van der Waals surface area contributed by atoms with Crippen molar-refractivity contribution in [3.63, 3.8) is 0 Å². The molecule has 0 radical (unpaired) electrons. The van der Waals surface area contributed by atoms with E-state index in [1.54, 1.807) is 24.3 Å².